The minimum atomic E-state index is -4.15. The van der Waals surface area contributed by atoms with Gasteiger partial charge in [0.15, 0.2) is 0 Å². The van der Waals surface area contributed by atoms with Crippen molar-refractivity contribution in [1.29, 1.82) is 0 Å². The number of benzene rings is 4. The molecule has 0 aliphatic carbocycles. The summed E-state index contributed by atoms with van der Waals surface area (Å²) in [7, 11) is -2.63. The van der Waals surface area contributed by atoms with E-state index in [4.69, 9.17) is 11.6 Å². The molecule has 0 aliphatic heterocycles. The fraction of sp³-hybridized carbons (Fsp3) is 0.235. The average Bonchev–Trinajstić information content (AvgIpc) is 3.02. The van der Waals surface area contributed by atoms with E-state index in [2.05, 4.69) is 19.2 Å². The lowest BCUT2D eigenvalue weighted by Crippen LogP contribution is -2.53. The van der Waals surface area contributed by atoms with Crippen LogP contribution in [0.15, 0.2) is 114 Å². The van der Waals surface area contributed by atoms with Gasteiger partial charge in [-0.25, -0.2) is 8.42 Å². The molecule has 1 atom stereocenters. The lowest BCUT2D eigenvalue weighted by Gasteiger charge is -2.33. The molecule has 0 radical (unpaired) electrons. The number of likely N-dealkylation sites (N-methyl/N-ethyl adjacent to an activating group) is 1. The molecule has 0 spiro atoms. The van der Waals surface area contributed by atoms with Crippen LogP contribution in [0.4, 0.5) is 5.69 Å². The number of rotatable bonds is 12. The summed E-state index contributed by atoms with van der Waals surface area (Å²) in [5.74, 6) is -0.674. The van der Waals surface area contributed by atoms with Crippen molar-refractivity contribution in [2.45, 2.75) is 43.7 Å². The van der Waals surface area contributed by atoms with Crippen LogP contribution in [0.25, 0.3) is 0 Å². The lowest BCUT2D eigenvalue weighted by atomic mass is 10.0. The molecule has 0 heterocycles. The van der Waals surface area contributed by atoms with Gasteiger partial charge in [0.25, 0.3) is 10.0 Å². The molecule has 0 aromatic heterocycles. The van der Waals surface area contributed by atoms with Crippen molar-refractivity contribution >= 4 is 39.1 Å². The standard InChI is InChI=1S/C34H36ClN3O4S/c1-25(2)27-18-20-29(21-19-27)38(43(41,42)30-15-8-5-9-16-30)24-33(39)37(23-28-14-10-11-17-31(28)35)32(34(40)36-3)22-26-12-6-4-7-13-26/h4-21,25,32H,22-24H2,1-3H3,(H,36,40). The van der Waals surface area contributed by atoms with Crippen molar-refractivity contribution in [1.82, 2.24) is 10.2 Å². The Labute approximate surface area is 259 Å². The first-order valence-electron chi connectivity index (χ1n) is 14.1. The highest BCUT2D eigenvalue weighted by molar-refractivity contribution is 7.92. The molecule has 1 unspecified atom stereocenters. The summed E-state index contributed by atoms with van der Waals surface area (Å²) < 4.78 is 29.2. The molecule has 0 saturated heterocycles. The van der Waals surface area contributed by atoms with Gasteiger partial charge in [-0.1, -0.05) is 104 Å². The molecular formula is C34H36ClN3O4S. The normalized spacial score (nSPS) is 12.0. The highest BCUT2D eigenvalue weighted by Crippen LogP contribution is 2.27. The molecule has 7 nitrogen and oxygen atoms in total. The van der Waals surface area contributed by atoms with Crippen LogP contribution in [-0.4, -0.2) is 44.8 Å². The summed E-state index contributed by atoms with van der Waals surface area (Å²) >= 11 is 6.50. The van der Waals surface area contributed by atoms with Gasteiger partial charge in [0.2, 0.25) is 11.8 Å². The second kappa shape index (κ2) is 14.4. The Morgan fingerprint density at radius 3 is 1.98 bits per heavy atom. The third kappa shape index (κ3) is 7.83. The molecule has 0 saturated carbocycles. The number of sulfonamides is 1. The van der Waals surface area contributed by atoms with Crippen LogP contribution in [0.1, 0.15) is 36.5 Å². The van der Waals surface area contributed by atoms with Crippen LogP contribution < -0.4 is 9.62 Å². The zero-order chi connectivity index (χ0) is 31.0. The number of nitrogens with zero attached hydrogens (tertiary/aromatic N) is 2. The number of halogens is 1. The van der Waals surface area contributed by atoms with Crippen LogP contribution >= 0.6 is 11.6 Å². The molecule has 2 amide bonds. The molecule has 4 aromatic rings. The Morgan fingerprint density at radius 1 is 0.814 bits per heavy atom. The van der Waals surface area contributed by atoms with E-state index in [0.717, 1.165) is 15.4 Å². The summed E-state index contributed by atoms with van der Waals surface area (Å²) in [4.78, 5) is 29.2. The zero-order valence-corrected chi connectivity index (χ0v) is 26.1. The minimum Gasteiger partial charge on any atom is -0.357 e. The molecule has 224 valence electrons. The summed E-state index contributed by atoms with van der Waals surface area (Å²) in [6, 6.07) is 30.7. The number of anilines is 1. The molecule has 43 heavy (non-hydrogen) atoms. The molecule has 4 aromatic carbocycles. The van der Waals surface area contributed by atoms with Gasteiger partial charge < -0.3 is 10.2 Å². The van der Waals surface area contributed by atoms with E-state index in [1.165, 1.54) is 24.1 Å². The fourth-order valence-electron chi connectivity index (χ4n) is 4.80. The van der Waals surface area contributed by atoms with Crippen molar-refractivity contribution in [3.63, 3.8) is 0 Å². The van der Waals surface area contributed by atoms with Gasteiger partial charge in [-0.15, -0.1) is 0 Å². The van der Waals surface area contributed by atoms with Crippen molar-refractivity contribution in [3.05, 3.63) is 131 Å². The Bertz CT molecular complexity index is 1630. The Hall–Kier alpha value is -4.14. The van der Waals surface area contributed by atoms with Crippen LogP contribution in [0.2, 0.25) is 5.02 Å². The van der Waals surface area contributed by atoms with Crippen LogP contribution in [0.3, 0.4) is 0 Å². The van der Waals surface area contributed by atoms with Gasteiger partial charge in [-0.05, 0) is 52.9 Å². The Morgan fingerprint density at radius 2 is 1.40 bits per heavy atom. The summed E-state index contributed by atoms with van der Waals surface area (Å²) in [5.41, 5.74) is 2.87. The summed E-state index contributed by atoms with van der Waals surface area (Å²) in [6.07, 6.45) is 0.227. The predicted molar refractivity (Wildman–Crippen MR) is 172 cm³/mol. The third-order valence-electron chi connectivity index (χ3n) is 7.27. The highest BCUT2D eigenvalue weighted by Gasteiger charge is 2.34. The van der Waals surface area contributed by atoms with E-state index in [-0.39, 0.29) is 29.7 Å². The molecule has 1 N–H and O–H groups in total. The highest BCUT2D eigenvalue weighted by atomic mass is 35.5. The zero-order valence-electron chi connectivity index (χ0n) is 24.5. The quantitative estimate of drug-likeness (QED) is 0.210. The molecule has 0 fully saturated rings. The maximum absolute atomic E-state index is 14.3. The van der Waals surface area contributed by atoms with Crippen LogP contribution in [0, 0.1) is 0 Å². The Balaban J connectivity index is 1.79. The third-order valence-corrected chi connectivity index (χ3v) is 9.43. The number of hydrogen-bond donors (Lipinski definition) is 1. The van der Waals surface area contributed by atoms with Crippen molar-refractivity contribution < 1.29 is 18.0 Å². The van der Waals surface area contributed by atoms with Crippen LogP contribution in [0.5, 0.6) is 0 Å². The second-order valence-corrected chi connectivity index (χ2v) is 12.8. The van der Waals surface area contributed by atoms with Gasteiger partial charge >= 0.3 is 0 Å². The van der Waals surface area contributed by atoms with E-state index >= 15 is 0 Å². The minimum absolute atomic E-state index is 0.00887. The Kier molecular flexibility index (Phi) is 10.6. The van der Waals surface area contributed by atoms with Gasteiger partial charge in [0.1, 0.15) is 12.6 Å². The van der Waals surface area contributed by atoms with Crippen molar-refractivity contribution in [2.75, 3.05) is 17.9 Å². The molecule has 9 heteroatoms. The SMILES string of the molecule is CNC(=O)C(Cc1ccccc1)N(Cc1ccccc1Cl)C(=O)CN(c1ccc(C(C)C)cc1)S(=O)(=O)c1ccccc1. The van der Waals surface area contributed by atoms with E-state index < -0.39 is 28.5 Å². The molecule has 0 aliphatic rings. The summed E-state index contributed by atoms with van der Waals surface area (Å²) in [5, 5.41) is 3.12. The molecular weight excluding hydrogens is 582 g/mol. The monoisotopic (exact) mass is 617 g/mol. The second-order valence-electron chi connectivity index (χ2n) is 10.5. The number of carbonyl (C=O) groups is 2. The molecule has 0 bridgehead atoms. The van der Waals surface area contributed by atoms with Crippen molar-refractivity contribution in [2.24, 2.45) is 0 Å². The van der Waals surface area contributed by atoms with E-state index in [9.17, 15) is 18.0 Å². The summed E-state index contributed by atoms with van der Waals surface area (Å²) in [6.45, 7) is 3.59. The number of nitrogens with one attached hydrogen (secondary N) is 1. The fourth-order valence-corrected chi connectivity index (χ4v) is 6.44. The maximum Gasteiger partial charge on any atom is 0.264 e. The maximum atomic E-state index is 14.3. The molecule has 4 rings (SSSR count). The largest absolute Gasteiger partial charge is 0.357 e. The van der Waals surface area contributed by atoms with E-state index in [0.29, 0.717) is 16.3 Å². The first-order valence-corrected chi connectivity index (χ1v) is 15.9. The average molecular weight is 618 g/mol. The van der Waals surface area contributed by atoms with Gasteiger partial charge in [0.05, 0.1) is 10.6 Å². The lowest BCUT2D eigenvalue weighted by molar-refractivity contribution is -0.139. The first-order chi connectivity index (χ1) is 20.6. The van der Waals surface area contributed by atoms with E-state index in [1.807, 2.05) is 42.5 Å². The van der Waals surface area contributed by atoms with Crippen molar-refractivity contribution in [3.8, 4) is 0 Å². The number of amides is 2. The smallest absolute Gasteiger partial charge is 0.264 e. The van der Waals surface area contributed by atoms with Gasteiger partial charge in [-0.3, -0.25) is 13.9 Å². The van der Waals surface area contributed by atoms with E-state index in [1.54, 1.807) is 54.6 Å². The predicted octanol–water partition coefficient (Wildman–Crippen LogP) is 6.04. The van der Waals surface area contributed by atoms with Gasteiger partial charge in [-0.2, -0.15) is 0 Å². The van der Waals surface area contributed by atoms with Crippen LogP contribution in [-0.2, 0) is 32.6 Å². The topological polar surface area (TPSA) is 86.8 Å². The van der Waals surface area contributed by atoms with Gasteiger partial charge in [0, 0.05) is 25.0 Å². The number of hydrogen-bond acceptors (Lipinski definition) is 4. The number of carbonyl (C=O) groups excluding carboxylic acids is 2. The first kappa shape index (κ1) is 31.8.